The Kier molecular flexibility index (Phi) is 12.1. The minimum absolute atomic E-state index is 0.00121. The number of carbonyl (C=O) groups excluding carboxylic acids is 3. The highest BCUT2D eigenvalue weighted by atomic mass is 16.4. The fourth-order valence-electron chi connectivity index (χ4n) is 2.83. The van der Waals surface area contributed by atoms with Gasteiger partial charge in [0.2, 0.25) is 17.7 Å². The second-order valence-corrected chi connectivity index (χ2v) is 7.34. The van der Waals surface area contributed by atoms with Crippen LogP contribution in [0.3, 0.4) is 0 Å². The van der Waals surface area contributed by atoms with Crippen molar-refractivity contribution in [3.8, 4) is 0 Å². The van der Waals surface area contributed by atoms with E-state index in [2.05, 4.69) is 25.9 Å². The number of aliphatic carboxylic acids is 2. The standard InChI is InChI=1S/C19H31N7O7/c20-6-2-1-3-13(25-17(31)12(21)4-5-15(27)28)19(33)26-14(7-11-8-22-10-24-11)18(32)23-9-16(29)30/h8,10,12-14H,1-7,9,20-21H2,(H,22,24)(H,23,32)(H,25,31)(H,26,33)(H,27,28)(H,29,30). The number of amides is 3. The summed E-state index contributed by atoms with van der Waals surface area (Å²) in [4.78, 5) is 65.9. The number of hydrogen-bond donors (Lipinski definition) is 8. The predicted molar refractivity (Wildman–Crippen MR) is 115 cm³/mol. The number of nitrogens with one attached hydrogen (secondary N) is 4. The third kappa shape index (κ3) is 11.1. The SMILES string of the molecule is NCCCCC(NC(=O)C(N)CCC(=O)O)C(=O)NC(Cc1cnc[nH]1)C(=O)NCC(=O)O. The van der Waals surface area contributed by atoms with E-state index in [1.807, 2.05) is 0 Å². The number of nitrogens with zero attached hydrogens (tertiary/aromatic N) is 1. The number of rotatable bonds is 16. The number of H-pyrrole nitrogens is 1. The summed E-state index contributed by atoms with van der Waals surface area (Å²) in [5.41, 5.74) is 11.7. The predicted octanol–water partition coefficient (Wildman–Crippen LogP) is -2.56. The van der Waals surface area contributed by atoms with E-state index in [0.717, 1.165) is 0 Å². The lowest BCUT2D eigenvalue weighted by Crippen LogP contribution is -2.56. The fraction of sp³-hybridized carbons (Fsp3) is 0.579. The van der Waals surface area contributed by atoms with E-state index < -0.39 is 54.3 Å². The summed E-state index contributed by atoms with van der Waals surface area (Å²) in [7, 11) is 0. The Morgan fingerprint density at radius 2 is 1.67 bits per heavy atom. The Labute approximate surface area is 189 Å². The smallest absolute Gasteiger partial charge is 0.322 e. The summed E-state index contributed by atoms with van der Waals surface area (Å²) in [6.45, 7) is -0.260. The van der Waals surface area contributed by atoms with Gasteiger partial charge in [0.25, 0.3) is 0 Å². The van der Waals surface area contributed by atoms with Gasteiger partial charge in [-0.15, -0.1) is 0 Å². The molecule has 1 rings (SSSR count). The average Bonchev–Trinajstić information content (AvgIpc) is 3.27. The number of imidazole rings is 1. The zero-order valence-corrected chi connectivity index (χ0v) is 18.1. The molecule has 0 aliphatic heterocycles. The summed E-state index contributed by atoms with van der Waals surface area (Å²) in [6, 6.07) is -3.34. The van der Waals surface area contributed by atoms with Crippen molar-refractivity contribution in [3.63, 3.8) is 0 Å². The van der Waals surface area contributed by atoms with E-state index in [0.29, 0.717) is 25.1 Å². The number of carbonyl (C=O) groups is 5. The lowest BCUT2D eigenvalue weighted by Gasteiger charge is -2.24. The number of aromatic amines is 1. The topological polar surface area (TPSA) is 243 Å². The minimum atomic E-state index is -1.25. The van der Waals surface area contributed by atoms with Crippen molar-refractivity contribution >= 4 is 29.7 Å². The molecule has 1 aromatic rings. The molecule has 10 N–H and O–H groups in total. The molecular weight excluding hydrogens is 438 g/mol. The maximum Gasteiger partial charge on any atom is 0.322 e. The molecule has 1 aromatic heterocycles. The van der Waals surface area contributed by atoms with Crippen LogP contribution in [0.2, 0.25) is 0 Å². The third-order valence-corrected chi connectivity index (χ3v) is 4.61. The molecule has 184 valence electrons. The number of carboxylic acids is 2. The van der Waals surface area contributed by atoms with Crippen molar-refractivity contribution in [3.05, 3.63) is 18.2 Å². The van der Waals surface area contributed by atoms with Crippen LogP contribution in [0.5, 0.6) is 0 Å². The summed E-state index contributed by atoms with van der Waals surface area (Å²) < 4.78 is 0. The first-order valence-electron chi connectivity index (χ1n) is 10.4. The van der Waals surface area contributed by atoms with Crippen molar-refractivity contribution in [1.29, 1.82) is 0 Å². The van der Waals surface area contributed by atoms with Crippen molar-refractivity contribution in [1.82, 2.24) is 25.9 Å². The molecule has 14 heteroatoms. The van der Waals surface area contributed by atoms with Crippen LogP contribution in [0.4, 0.5) is 0 Å². The molecule has 0 saturated heterocycles. The van der Waals surface area contributed by atoms with Gasteiger partial charge in [-0.05, 0) is 32.2 Å². The van der Waals surface area contributed by atoms with Crippen LogP contribution in [-0.2, 0) is 30.4 Å². The Balaban J connectivity index is 2.90. The van der Waals surface area contributed by atoms with Crippen LogP contribution in [0.1, 0.15) is 37.8 Å². The molecule has 0 aliphatic carbocycles. The molecule has 0 spiro atoms. The van der Waals surface area contributed by atoms with Gasteiger partial charge in [-0.2, -0.15) is 0 Å². The van der Waals surface area contributed by atoms with Gasteiger partial charge < -0.3 is 42.6 Å². The molecule has 0 bridgehead atoms. The lowest BCUT2D eigenvalue weighted by molar-refractivity contribution is -0.139. The van der Waals surface area contributed by atoms with E-state index in [1.165, 1.54) is 12.5 Å². The van der Waals surface area contributed by atoms with Crippen LogP contribution in [0.15, 0.2) is 12.5 Å². The van der Waals surface area contributed by atoms with Crippen molar-refractivity contribution in [2.24, 2.45) is 11.5 Å². The first kappa shape index (κ1) is 27.5. The number of aromatic nitrogens is 2. The molecule has 0 radical (unpaired) electrons. The molecule has 3 atom stereocenters. The highest BCUT2D eigenvalue weighted by molar-refractivity contribution is 5.93. The molecule has 3 unspecified atom stereocenters. The highest BCUT2D eigenvalue weighted by Gasteiger charge is 2.28. The Bertz CT molecular complexity index is 800. The summed E-state index contributed by atoms with van der Waals surface area (Å²) in [6.07, 6.45) is 3.69. The van der Waals surface area contributed by atoms with Gasteiger partial charge in [0, 0.05) is 24.7 Å². The molecule has 0 aromatic carbocycles. The highest BCUT2D eigenvalue weighted by Crippen LogP contribution is 2.05. The second-order valence-electron chi connectivity index (χ2n) is 7.34. The van der Waals surface area contributed by atoms with Gasteiger partial charge in [-0.3, -0.25) is 24.0 Å². The normalized spacial score (nSPS) is 13.4. The lowest BCUT2D eigenvalue weighted by atomic mass is 10.1. The zero-order valence-electron chi connectivity index (χ0n) is 18.1. The molecule has 0 aliphatic rings. The molecular formula is C19H31N7O7. The van der Waals surface area contributed by atoms with E-state index >= 15 is 0 Å². The van der Waals surface area contributed by atoms with Crippen LogP contribution in [-0.4, -0.2) is 81.1 Å². The zero-order chi connectivity index (χ0) is 24.8. The molecule has 0 saturated carbocycles. The Morgan fingerprint density at radius 1 is 0.970 bits per heavy atom. The number of hydrogen-bond acceptors (Lipinski definition) is 8. The molecule has 14 nitrogen and oxygen atoms in total. The number of carboxylic acid groups (broad SMARTS) is 2. The van der Waals surface area contributed by atoms with Gasteiger partial charge in [-0.25, -0.2) is 4.98 Å². The fourth-order valence-corrected chi connectivity index (χ4v) is 2.83. The van der Waals surface area contributed by atoms with Crippen LogP contribution >= 0.6 is 0 Å². The summed E-state index contributed by atoms with van der Waals surface area (Å²) in [5, 5.41) is 24.8. The quantitative estimate of drug-likeness (QED) is 0.118. The largest absolute Gasteiger partial charge is 0.481 e. The third-order valence-electron chi connectivity index (χ3n) is 4.61. The van der Waals surface area contributed by atoms with Gasteiger partial charge in [0.15, 0.2) is 0 Å². The van der Waals surface area contributed by atoms with E-state index in [-0.39, 0.29) is 25.7 Å². The Morgan fingerprint density at radius 3 is 2.24 bits per heavy atom. The van der Waals surface area contributed by atoms with Crippen molar-refractivity contribution in [2.75, 3.05) is 13.1 Å². The van der Waals surface area contributed by atoms with Crippen molar-refractivity contribution in [2.45, 2.75) is 56.7 Å². The molecule has 1 heterocycles. The number of nitrogens with two attached hydrogens (primary N) is 2. The Hall–Kier alpha value is -3.52. The first-order chi connectivity index (χ1) is 15.6. The van der Waals surface area contributed by atoms with E-state index in [4.69, 9.17) is 21.7 Å². The number of unbranched alkanes of at least 4 members (excludes halogenated alkanes) is 1. The van der Waals surface area contributed by atoms with E-state index in [9.17, 15) is 24.0 Å². The van der Waals surface area contributed by atoms with Gasteiger partial charge in [0.05, 0.1) is 12.4 Å². The van der Waals surface area contributed by atoms with Crippen molar-refractivity contribution < 1.29 is 34.2 Å². The minimum Gasteiger partial charge on any atom is -0.481 e. The van der Waals surface area contributed by atoms with Crippen LogP contribution < -0.4 is 27.4 Å². The maximum atomic E-state index is 12.9. The molecule has 3 amide bonds. The monoisotopic (exact) mass is 469 g/mol. The van der Waals surface area contributed by atoms with Gasteiger partial charge >= 0.3 is 11.9 Å². The van der Waals surface area contributed by atoms with Gasteiger partial charge in [-0.1, -0.05) is 0 Å². The molecule has 33 heavy (non-hydrogen) atoms. The van der Waals surface area contributed by atoms with E-state index in [1.54, 1.807) is 0 Å². The first-order valence-corrected chi connectivity index (χ1v) is 10.4. The maximum absolute atomic E-state index is 12.9. The van der Waals surface area contributed by atoms with Crippen LogP contribution in [0, 0.1) is 0 Å². The van der Waals surface area contributed by atoms with Gasteiger partial charge in [0.1, 0.15) is 18.6 Å². The molecule has 0 fully saturated rings. The average molecular weight is 469 g/mol. The van der Waals surface area contributed by atoms with Crippen LogP contribution in [0.25, 0.3) is 0 Å². The summed E-state index contributed by atoms with van der Waals surface area (Å²) >= 11 is 0. The second kappa shape index (κ2) is 14.5. The summed E-state index contributed by atoms with van der Waals surface area (Å²) in [5.74, 6) is -4.47.